The van der Waals surface area contributed by atoms with Gasteiger partial charge in [0, 0.05) is 35.0 Å². The summed E-state index contributed by atoms with van der Waals surface area (Å²) in [6.07, 6.45) is 0.500. The number of nitrogens with zero attached hydrogens (tertiary/aromatic N) is 2. The molecule has 0 aliphatic heterocycles. The maximum absolute atomic E-state index is 13.4. The summed E-state index contributed by atoms with van der Waals surface area (Å²) in [4.78, 5) is 29.5. The number of aromatic nitrogens is 1. The van der Waals surface area contributed by atoms with Gasteiger partial charge >= 0.3 is 0 Å². The minimum Gasteiger partial charge on any atom is -0.493 e. The van der Waals surface area contributed by atoms with Gasteiger partial charge in [-0.05, 0) is 42.8 Å². The first kappa shape index (κ1) is 29.2. The molecule has 1 unspecified atom stereocenters. The van der Waals surface area contributed by atoms with Gasteiger partial charge in [0.25, 0.3) is 0 Å². The van der Waals surface area contributed by atoms with Gasteiger partial charge in [0.05, 0.1) is 30.7 Å². The van der Waals surface area contributed by atoms with Gasteiger partial charge in [-0.1, -0.05) is 61.2 Å². The van der Waals surface area contributed by atoms with E-state index in [-0.39, 0.29) is 11.8 Å². The Kier molecular flexibility index (Phi) is 9.61. The van der Waals surface area contributed by atoms with E-state index in [2.05, 4.69) is 16.7 Å². The summed E-state index contributed by atoms with van der Waals surface area (Å²) in [7, 11) is 3.12. The predicted molar refractivity (Wildman–Crippen MR) is 162 cm³/mol. The largest absolute Gasteiger partial charge is 0.493 e. The second-order valence-electron chi connectivity index (χ2n) is 9.02. The number of amides is 2. The number of para-hydroxylation sites is 1. The molecule has 9 heteroatoms. The van der Waals surface area contributed by atoms with Crippen molar-refractivity contribution in [2.75, 3.05) is 24.9 Å². The number of rotatable bonds is 10. The van der Waals surface area contributed by atoms with Crippen LogP contribution in [0.2, 0.25) is 0 Å². The van der Waals surface area contributed by atoms with Gasteiger partial charge in [-0.25, -0.2) is 4.98 Å². The molecule has 0 aliphatic rings. The van der Waals surface area contributed by atoms with Crippen LogP contribution in [0.3, 0.4) is 0 Å². The average Bonchev–Trinajstić information content (AvgIpc) is 2.99. The molecule has 1 atom stereocenters. The molecule has 0 radical (unpaired) electrons. The molecule has 2 amide bonds. The molecule has 208 valence electrons. The van der Waals surface area contributed by atoms with Crippen LogP contribution in [0.1, 0.15) is 25.8 Å². The Labute approximate surface area is 243 Å². The smallest absolute Gasteiger partial charge is 0.237 e. The Morgan fingerprint density at radius 2 is 1.61 bits per heavy atom. The quantitative estimate of drug-likeness (QED) is 0.204. The first-order valence-corrected chi connectivity index (χ1v) is 13.8. The summed E-state index contributed by atoms with van der Waals surface area (Å²) in [5.41, 5.74) is 4.42. The lowest BCUT2D eigenvalue weighted by Gasteiger charge is -2.19. The number of pyridine rings is 1. The topological polar surface area (TPSA) is 113 Å². The molecular formula is C32H30N4O4S. The van der Waals surface area contributed by atoms with Crippen molar-refractivity contribution in [2.45, 2.75) is 30.5 Å². The number of anilines is 2. The number of benzene rings is 3. The molecule has 1 heterocycles. The third kappa shape index (κ3) is 6.86. The molecule has 0 saturated carbocycles. The SMILES string of the molecule is CCC(Sc1nc(-c2ccccc2)cc(-c2cccc(OC)c2OC)c1C#N)C(=O)Nc1ccc(NC(C)=O)cc1. The fraction of sp³-hybridized carbons (Fsp3) is 0.188. The molecule has 4 rings (SSSR count). The second-order valence-corrected chi connectivity index (χ2v) is 10.2. The highest BCUT2D eigenvalue weighted by atomic mass is 32.2. The summed E-state index contributed by atoms with van der Waals surface area (Å²) in [5.74, 6) is 0.645. The first-order chi connectivity index (χ1) is 19.9. The van der Waals surface area contributed by atoms with E-state index in [1.165, 1.54) is 18.7 Å². The van der Waals surface area contributed by atoms with Crippen LogP contribution < -0.4 is 20.1 Å². The van der Waals surface area contributed by atoms with Crippen LogP contribution in [0.5, 0.6) is 11.5 Å². The lowest BCUT2D eigenvalue weighted by molar-refractivity contribution is -0.116. The van der Waals surface area contributed by atoms with Crippen LogP contribution in [0.4, 0.5) is 11.4 Å². The van der Waals surface area contributed by atoms with E-state index in [1.807, 2.05) is 55.5 Å². The van der Waals surface area contributed by atoms with E-state index in [4.69, 9.17) is 14.5 Å². The van der Waals surface area contributed by atoms with Crippen molar-refractivity contribution in [1.29, 1.82) is 5.26 Å². The van der Waals surface area contributed by atoms with Crippen molar-refractivity contribution in [2.24, 2.45) is 0 Å². The highest BCUT2D eigenvalue weighted by Gasteiger charge is 2.25. The summed E-state index contributed by atoms with van der Waals surface area (Å²) >= 11 is 1.25. The maximum Gasteiger partial charge on any atom is 0.237 e. The van der Waals surface area contributed by atoms with Gasteiger partial charge in [0.2, 0.25) is 11.8 Å². The van der Waals surface area contributed by atoms with E-state index in [1.54, 1.807) is 44.6 Å². The molecule has 0 saturated heterocycles. The molecule has 0 aliphatic carbocycles. The van der Waals surface area contributed by atoms with E-state index >= 15 is 0 Å². The van der Waals surface area contributed by atoms with E-state index in [0.29, 0.717) is 56.7 Å². The van der Waals surface area contributed by atoms with Crippen LogP contribution in [0, 0.1) is 11.3 Å². The fourth-order valence-corrected chi connectivity index (χ4v) is 5.33. The number of nitriles is 1. The Hall–Kier alpha value is -4.81. The van der Waals surface area contributed by atoms with Crippen molar-refractivity contribution < 1.29 is 19.1 Å². The second kappa shape index (κ2) is 13.5. The van der Waals surface area contributed by atoms with Crippen LogP contribution in [-0.4, -0.2) is 36.3 Å². The molecule has 0 fully saturated rings. The Bertz CT molecular complexity index is 1580. The number of hydrogen-bond donors (Lipinski definition) is 2. The van der Waals surface area contributed by atoms with E-state index < -0.39 is 5.25 Å². The van der Waals surface area contributed by atoms with Gasteiger partial charge < -0.3 is 20.1 Å². The molecule has 0 bridgehead atoms. The standard InChI is InChI=1S/C32H30N4O4S/c1-5-29(31(38)35-23-16-14-22(15-17-23)34-20(2)37)41-32-26(19-33)25(18-27(36-32)21-10-7-6-8-11-21)24-12-9-13-28(39-3)30(24)40-4/h6-18,29H,5H2,1-4H3,(H,34,37)(H,35,38). The van der Waals surface area contributed by atoms with Crippen molar-refractivity contribution in [3.05, 3.63) is 84.4 Å². The molecule has 2 N–H and O–H groups in total. The fourth-order valence-electron chi connectivity index (χ4n) is 4.30. The molecular weight excluding hydrogens is 536 g/mol. The Morgan fingerprint density at radius 3 is 2.20 bits per heavy atom. The third-order valence-electron chi connectivity index (χ3n) is 6.25. The minimum absolute atomic E-state index is 0.173. The molecule has 1 aromatic heterocycles. The summed E-state index contributed by atoms with van der Waals surface area (Å²) in [6, 6.07) is 26.3. The van der Waals surface area contributed by atoms with Crippen LogP contribution >= 0.6 is 11.8 Å². The zero-order valence-electron chi connectivity index (χ0n) is 23.2. The zero-order valence-corrected chi connectivity index (χ0v) is 24.0. The summed E-state index contributed by atoms with van der Waals surface area (Å²) in [5, 5.41) is 15.9. The highest BCUT2D eigenvalue weighted by Crippen LogP contribution is 2.43. The maximum atomic E-state index is 13.4. The number of carbonyl (C=O) groups excluding carboxylic acids is 2. The van der Waals surface area contributed by atoms with E-state index in [0.717, 1.165) is 5.56 Å². The van der Waals surface area contributed by atoms with Gasteiger partial charge in [-0.15, -0.1) is 0 Å². The van der Waals surface area contributed by atoms with Crippen molar-refractivity contribution in [3.63, 3.8) is 0 Å². The van der Waals surface area contributed by atoms with Crippen molar-refractivity contribution in [1.82, 2.24) is 4.98 Å². The normalized spacial score (nSPS) is 11.2. The number of methoxy groups -OCH3 is 2. The lowest BCUT2D eigenvalue weighted by Crippen LogP contribution is -2.25. The van der Waals surface area contributed by atoms with Gasteiger partial charge in [0.15, 0.2) is 11.5 Å². The van der Waals surface area contributed by atoms with Crippen molar-refractivity contribution in [3.8, 4) is 40.0 Å². The van der Waals surface area contributed by atoms with E-state index in [9.17, 15) is 14.9 Å². The molecule has 41 heavy (non-hydrogen) atoms. The van der Waals surface area contributed by atoms with Crippen LogP contribution in [0.15, 0.2) is 83.9 Å². The lowest BCUT2D eigenvalue weighted by atomic mass is 9.98. The van der Waals surface area contributed by atoms with Gasteiger partial charge in [0.1, 0.15) is 11.1 Å². The zero-order chi connectivity index (χ0) is 29.4. The molecule has 4 aromatic rings. The summed E-state index contributed by atoms with van der Waals surface area (Å²) in [6.45, 7) is 3.35. The number of ether oxygens (including phenoxy) is 2. The van der Waals surface area contributed by atoms with Crippen molar-refractivity contribution >= 4 is 35.0 Å². The van der Waals surface area contributed by atoms with Crippen LogP contribution in [-0.2, 0) is 9.59 Å². The molecule has 0 spiro atoms. The first-order valence-electron chi connectivity index (χ1n) is 13.0. The molecule has 3 aromatic carbocycles. The number of thioether (sulfide) groups is 1. The Balaban J connectivity index is 1.75. The summed E-state index contributed by atoms with van der Waals surface area (Å²) < 4.78 is 11.2. The number of hydrogen-bond acceptors (Lipinski definition) is 7. The average molecular weight is 567 g/mol. The third-order valence-corrected chi connectivity index (χ3v) is 7.60. The Morgan fingerprint density at radius 1 is 0.927 bits per heavy atom. The van der Waals surface area contributed by atoms with Gasteiger partial charge in [-0.3, -0.25) is 9.59 Å². The molecule has 8 nitrogen and oxygen atoms in total. The highest BCUT2D eigenvalue weighted by molar-refractivity contribution is 8.00. The number of carbonyl (C=O) groups is 2. The minimum atomic E-state index is -0.532. The predicted octanol–water partition coefficient (Wildman–Crippen LogP) is 6.77. The van der Waals surface area contributed by atoms with Crippen LogP contribution in [0.25, 0.3) is 22.4 Å². The monoisotopic (exact) mass is 566 g/mol. The number of nitrogens with one attached hydrogen (secondary N) is 2. The van der Waals surface area contributed by atoms with Gasteiger partial charge in [-0.2, -0.15) is 5.26 Å².